The van der Waals surface area contributed by atoms with E-state index >= 15 is 0 Å². The first-order chi connectivity index (χ1) is 8.69. The van der Waals surface area contributed by atoms with Crippen LogP contribution in [0.1, 0.15) is 24.5 Å². The Kier molecular flexibility index (Phi) is 3.82. The molecule has 1 aromatic carbocycles. The SMILES string of the molecule is CCCc1cccc(Oc2ncc(N)cc2C)c1. The standard InChI is InChI=1S/C15H18N2O/c1-3-5-12-6-4-7-14(9-12)18-15-11(2)8-13(16)10-17-15/h4,6-10H,3,5,16H2,1-2H3. The Bertz CT molecular complexity index is 538. The molecule has 0 amide bonds. The zero-order valence-corrected chi connectivity index (χ0v) is 10.8. The summed E-state index contributed by atoms with van der Waals surface area (Å²) in [5.41, 5.74) is 8.54. The number of nitrogens with zero attached hydrogens (tertiary/aromatic N) is 1. The lowest BCUT2D eigenvalue weighted by Gasteiger charge is -2.09. The molecule has 0 saturated carbocycles. The van der Waals surface area contributed by atoms with Gasteiger partial charge < -0.3 is 10.5 Å². The minimum absolute atomic E-state index is 0.609. The molecule has 18 heavy (non-hydrogen) atoms. The molecule has 2 rings (SSSR count). The van der Waals surface area contributed by atoms with E-state index in [2.05, 4.69) is 24.0 Å². The number of anilines is 1. The van der Waals surface area contributed by atoms with Crippen LogP contribution in [0, 0.1) is 6.92 Å². The Morgan fingerprint density at radius 1 is 1.28 bits per heavy atom. The quantitative estimate of drug-likeness (QED) is 0.889. The largest absolute Gasteiger partial charge is 0.439 e. The van der Waals surface area contributed by atoms with Crippen LogP contribution in [0.2, 0.25) is 0 Å². The van der Waals surface area contributed by atoms with Gasteiger partial charge >= 0.3 is 0 Å². The number of hydrogen-bond acceptors (Lipinski definition) is 3. The molecule has 0 unspecified atom stereocenters. The number of benzene rings is 1. The van der Waals surface area contributed by atoms with Crippen LogP contribution in [0.15, 0.2) is 36.5 Å². The van der Waals surface area contributed by atoms with E-state index in [0.717, 1.165) is 24.2 Å². The minimum Gasteiger partial charge on any atom is -0.439 e. The molecular weight excluding hydrogens is 224 g/mol. The zero-order valence-electron chi connectivity index (χ0n) is 10.8. The third kappa shape index (κ3) is 3.00. The highest BCUT2D eigenvalue weighted by Gasteiger charge is 2.04. The highest BCUT2D eigenvalue weighted by atomic mass is 16.5. The van der Waals surface area contributed by atoms with Crippen LogP contribution in [0.5, 0.6) is 11.6 Å². The summed E-state index contributed by atoms with van der Waals surface area (Å²) in [4.78, 5) is 4.20. The Morgan fingerprint density at radius 2 is 2.11 bits per heavy atom. The van der Waals surface area contributed by atoms with Crippen LogP contribution in [-0.2, 0) is 6.42 Å². The summed E-state index contributed by atoms with van der Waals surface area (Å²) >= 11 is 0. The first-order valence-electron chi connectivity index (χ1n) is 6.18. The molecule has 0 bridgehead atoms. The van der Waals surface area contributed by atoms with Crippen molar-refractivity contribution >= 4 is 5.69 Å². The molecule has 0 aliphatic rings. The van der Waals surface area contributed by atoms with Crippen molar-refractivity contribution in [1.82, 2.24) is 4.98 Å². The van der Waals surface area contributed by atoms with Crippen molar-refractivity contribution in [3.8, 4) is 11.6 Å². The topological polar surface area (TPSA) is 48.1 Å². The van der Waals surface area contributed by atoms with Gasteiger partial charge in [0.15, 0.2) is 0 Å². The summed E-state index contributed by atoms with van der Waals surface area (Å²) < 4.78 is 5.78. The number of aryl methyl sites for hydroxylation is 2. The van der Waals surface area contributed by atoms with Gasteiger partial charge in [-0.3, -0.25) is 0 Å². The first kappa shape index (κ1) is 12.4. The maximum Gasteiger partial charge on any atom is 0.222 e. The van der Waals surface area contributed by atoms with Crippen LogP contribution in [0.4, 0.5) is 5.69 Å². The molecule has 0 fully saturated rings. The van der Waals surface area contributed by atoms with Crippen molar-refractivity contribution in [2.75, 3.05) is 5.73 Å². The van der Waals surface area contributed by atoms with Crippen molar-refractivity contribution in [2.45, 2.75) is 26.7 Å². The van der Waals surface area contributed by atoms with Gasteiger partial charge in [-0.15, -0.1) is 0 Å². The summed E-state index contributed by atoms with van der Waals surface area (Å²) in [6.45, 7) is 4.10. The van der Waals surface area contributed by atoms with Gasteiger partial charge in [-0.1, -0.05) is 25.5 Å². The Labute approximate surface area is 108 Å². The number of pyridine rings is 1. The van der Waals surface area contributed by atoms with Crippen molar-refractivity contribution in [2.24, 2.45) is 0 Å². The molecule has 0 aliphatic heterocycles. The number of ether oxygens (including phenoxy) is 1. The summed E-state index contributed by atoms with van der Waals surface area (Å²) in [5, 5.41) is 0. The number of rotatable bonds is 4. The van der Waals surface area contributed by atoms with Crippen molar-refractivity contribution in [1.29, 1.82) is 0 Å². The van der Waals surface area contributed by atoms with Gasteiger partial charge in [0, 0.05) is 5.56 Å². The predicted octanol–water partition coefficient (Wildman–Crippen LogP) is 3.72. The van der Waals surface area contributed by atoms with Crippen LogP contribution in [-0.4, -0.2) is 4.98 Å². The molecular formula is C15H18N2O. The van der Waals surface area contributed by atoms with Gasteiger partial charge in [-0.25, -0.2) is 4.98 Å². The van der Waals surface area contributed by atoms with Gasteiger partial charge in [-0.05, 0) is 37.1 Å². The van der Waals surface area contributed by atoms with Gasteiger partial charge in [-0.2, -0.15) is 0 Å². The third-order valence-corrected chi connectivity index (χ3v) is 2.70. The zero-order chi connectivity index (χ0) is 13.0. The average Bonchev–Trinajstić information content (AvgIpc) is 2.34. The van der Waals surface area contributed by atoms with E-state index in [0.29, 0.717) is 11.6 Å². The molecule has 1 heterocycles. The maximum absolute atomic E-state index is 5.78. The van der Waals surface area contributed by atoms with E-state index in [1.165, 1.54) is 5.56 Å². The van der Waals surface area contributed by atoms with E-state index in [4.69, 9.17) is 10.5 Å². The van der Waals surface area contributed by atoms with E-state index in [1.54, 1.807) is 6.20 Å². The molecule has 0 aliphatic carbocycles. The maximum atomic E-state index is 5.78. The molecule has 94 valence electrons. The van der Waals surface area contributed by atoms with Gasteiger partial charge in [0.2, 0.25) is 5.88 Å². The lowest BCUT2D eigenvalue weighted by molar-refractivity contribution is 0.458. The predicted molar refractivity (Wildman–Crippen MR) is 73.9 cm³/mol. The van der Waals surface area contributed by atoms with Crippen LogP contribution >= 0.6 is 0 Å². The van der Waals surface area contributed by atoms with Crippen molar-refractivity contribution in [3.63, 3.8) is 0 Å². The summed E-state index contributed by atoms with van der Waals surface area (Å²) in [7, 11) is 0. The lowest BCUT2D eigenvalue weighted by atomic mass is 10.1. The fourth-order valence-electron chi connectivity index (χ4n) is 1.86. The second kappa shape index (κ2) is 5.54. The fourth-order valence-corrected chi connectivity index (χ4v) is 1.86. The third-order valence-electron chi connectivity index (χ3n) is 2.70. The Morgan fingerprint density at radius 3 is 2.83 bits per heavy atom. The molecule has 0 saturated heterocycles. The van der Waals surface area contributed by atoms with E-state index < -0.39 is 0 Å². The molecule has 0 radical (unpaired) electrons. The monoisotopic (exact) mass is 242 g/mol. The second-order valence-electron chi connectivity index (χ2n) is 4.39. The number of nitrogen functional groups attached to an aromatic ring is 1. The lowest BCUT2D eigenvalue weighted by Crippen LogP contribution is -1.94. The van der Waals surface area contributed by atoms with Crippen molar-refractivity contribution < 1.29 is 4.74 Å². The molecule has 2 aromatic rings. The molecule has 2 N–H and O–H groups in total. The van der Waals surface area contributed by atoms with Crippen LogP contribution in [0.25, 0.3) is 0 Å². The van der Waals surface area contributed by atoms with E-state index in [1.807, 2.05) is 25.1 Å². The molecule has 1 aromatic heterocycles. The summed E-state index contributed by atoms with van der Waals surface area (Å²) in [5.74, 6) is 1.43. The van der Waals surface area contributed by atoms with Crippen molar-refractivity contribution in [3.05, 3.63) is 47.7 Å². The van der Waals surface area contributed by atoms with E-state index in [9.17, 15) is 0 Å². The number of aromatic nitrogens is 1. The van der Waals surface area contributed by atoms with Gasteiger partial charge in [0.1, 0.15) is 5.75 Å². The smallest absolute Gasteiger partial charge is 0.222 e. The van der Waals surface area contributed by atoms with Crippen LogP contribution < -0.4 is 10.5 Å². The molecule has 0 atom stereocenters. The number of hydrogen-bond donors (Lipinski definition) is 1. The first-order valence-corrected chi connectivity index (χ1v) is 6.18. The van der Waals surface area contributed by atoms with Gasteiger partial charge in [0.05, 0.1) is 11.9 Å². The Hall–Kier alpha value is -2.03. The number of nitrogens with two attached hydrogens (primary N) is 1. The average molecular weight is 242 g/mol. The minimum atomic E-state index is 0.609. The normalized spacial score (nSPS) is 10.3. The molecule has 3 nitrogen and oxygen atoms in total. The van der Waals surface area contributed by atoms with E-state index in [-0.39, 0.29) is 0 Å². The van der Waals surface area contributed by atoms with Gasteiger partial charge in [0.25, 0.3) is 0 Å². The summed E-state index contributed by atoms with van der Waals surface area (Å²) in [6.07, 6.45) is 3.80. The Balaban J connectivity index is 2.20. The second-order valence-corrected chi connectivity index (χ2v) is 4.39. The highest BCUT2D eigenvalue weighted by Crippen LogP contribution is 2.24. The summed E-state index contributed by atoms with van der Waals surface area (Å²) in [6, 6.07) is 9.97. The fraction of sp³-hybridized carbons (Fsp3) is 0.267. The highest BCUT2D eigenvalue weighted by molar-refractivity contribution is 5.43. The van der Waals surface area contributed by atoms with Crippen LogP contribution in [0.3, 0.4) is 0 Å². The molecule has 3 heteroatoms. The molecule has 0 spiro atoms.